The van der Waals surface area contributed by atoms with Crippen LogP contribution in [0.1, 0.15) is 36.6 Å². The minimum absolute atomic E-state index is 0.0530. The molecule has 1 N–H and O–H groups in total. The van der Waals surface area contributed by atoms with E-state index in [1.54, 1.807) is 35.2 Å². The molecule has 0 saturated heterocycles. The number of halogens is 1. The molecular formula is C26H29FN4O4S. The van der Waals surface area contributed by atoms with Gasteiger partial charge in [-0.2, -0.15) is 5.10 Å². The minimum Gasteiger partial charge on any atom is -0.481 e. The van der Waals surface area contributed by atoms with Crippen LogP contribution in [0.3, 0.4) is 0 Å². The van der Waals surface area contributed by atoms with Gasteiger partial charge >= 0.3 is 0 Å². The quantitative estimate of drug-likeness (QED) is 0.323. The first-order chi connectivity index (χ1) is 17.0. The monoisotopic (exact) mass is 512 g/mol. The van der Waals surface area contributed by atoms with E-state index < -0.39 is 9.84 Å². The third-order valence-corrected chi connectivity index (χ3v) is 6.56. The second-order valence-electron chi connectivity index (χ2n) is 8.27. The summed E-state index contributed by atoms with van der Waals surface area (Å²) in [5, 5.41) is 7.12. The highest BCUT2D eigenvalue weighted by molar-refractivity contribution is 7.90. The van der Waals surface area contributed by atoms with Gasteiger partial charge in [0.05, 0.1) is 19.0 Å². The molecule has 0 unspecified atom stereocenters. The molecule has 8 nitrogen and oxygen atoms in total. The Morgan fingerprint density at radius 1 is 1.25 bits per heavy atom. The van der Waals surface area contributed by atoms with Gasteiger partial charge in [0.15, 0.2) is 14.9 Å². The van der Waals surface area contributed by atoms with Crippen LogP contribution in [0.4, 0.5) is 4.39 Å². The molecule has 1 amide bonds. The number of methoxy groups -OCH3 is 1. The summed E-state index contributed by atoms with van der Waals surface area (Å²) in [5.41, 5.74) is 3.86. The molecule has 0 radical (unpaired) electrons. The number of allylic oxidation sites excluding steroid dienone is 2. The van der Waals surface area contributed by atoms with Crippen molar-refractivity contribution in [2.45, 2.75) is 38.3 Å². The fourth-order valence-corrected chi connectivity index (χ4v) is 4.06. The van der Waals surface area contributed by atoms with Crippen LogP contribution in [0.5, 0.6) is 5.88 Å². The zero-order valence-electron chi connectivity index (χ0n) is 20.7. The van der Waals surface area contributed by atoms with Gasteiger partial charge in [0.25, 0.3) is 5.91 Å². The van der Waals surface area contributed by atoms with E-state index in [1.807, 2.05) is 13.8 Å². The number of aromatic nitrogens is 3. The highest BCUT2D eigenvalue weighted by Gasteiger charge is 2.19. The van der Waals surface area contributed by atoms with E-state index in [2.05, 4.69) is 22.0 Å². The van der Waals surface area contributed by atoms with Crippen molar-refractivity contribution >= 4 is 21.3 Å². The SMILES string of the molecule is C=C(CC)CC=C(C(=O)NCc1cc(OC)nc(S(C)(=O)=O)c1)c1cnn(-c2ccc(F)cc2)c1C. The number of carbonyl (C=O) groups is 1. The van der Waals surface area contributed by atoms with Crippen molar-refractivity contribution in [3.63, 3.8) is 0 Å². The predicted octanol–water partition coefficient (Wildman–Crippen LogP) is 4.18. The molecule has 0 atom stereocenters. The van der Waals surface area contributed by atoms with Gasteiger partial charge in [0, 0.05) is 35.7 Å². The van der Waals surface area contributed by atoms with Gasteiger partial charge in [-0.05, 0) is 55.7 Å². The second-order valence-corrected chi connectivity index (χ2v) is 10.2. The molecule has 0 aliphatic rings. The molecule has 1 aromatic carbocycles. The fourth-order valence-electron chi connectivity index (χ4n) is 3.44. The van der Waals surface area contributed by atoms with E-state index in [0.717, 1.165) is 18.2 Å². The van der Waals surface area contributed by atoms with E-state index in [1.165, 1.54) is 25.3 Å². The second kappa shape index (κ2) is 11.3. The molecule has 3 rings (SSSR count). The highest BCUT2D eigenvalue weighted by Crippen LogP contribution is 2.24. The van der Waals surface area contributed by atoms with E-state index in [-0.39, 0.29) is 29.2 Å². The molecule has 0 bridgehead atoms. The first-order valence-electron chi connectivity index (χ1n) is 11.2. The van der Waals surface area contributed by atoms with Crippen LogP contribution in [0.2, 0.25) is 0 Å². The lowest BCUT2D eigenvalue weighted by Gasteiger charge is -2.12. The van der Waals surface area contributed by atoms with Gasteiger partial charge in [0.2, 0.25) is 5.88 Å². The van der Waals surface area contributed by atoms with Crippen LogP contribution in [0.15, 0.2) is 65.8 Å². The number of benzene rings is 1. The Hall–Kier alpha value is -3.79. The topological polar surface area (TPSA) is 103 Å². The number of nitrogens with one attached hydrogen (secondary N) is 1. The Morgan fingerprint density at radius 2 is 1.94 bits per heavy atom. The average Bonchev–Trinajstić information content (AvgIpc) is 3.23. The summed E-state index contributed by atoms with van der Waals surface area (Å²) in [5.74, 6) is -0.584. The molecule has 0 aliphatic heterocycles. The fraction of sp³-hybridized carbons (Fsp3) is 0.269. The summed E-state index contributed by atoms with van der Waals surface area (Å²) in [6, 6.07) is 8.87. The average molecular weight is 513 g/mol. The molecular weight excluding hydrogens is 483 g/mol. The van der Waals surface area contributed by atoms with Crippen LogP contribution in [-0.2, 0) is 21.2 Å². The van der Waals surface area contributed by atoms with Gasteiger partial charge in [0.1, 0.15) is 5.82 Å². The standard InChI is InChI=1S/C26H29FN4O4S/c1-6-17(2)7-12-22(23-16-29-31(18(23)3)21-10-8-20(27)9-11-21)26(32)28-15-19-13-24(35-4)30-25(14-19)36(5,33)34/h8-14,16H,2,6-7,15H2,1,3-5H3,(H,28,32). The first kappa shape index (κ1) is 26.8. The Bertz CT molecular complexity index is 1410. The molecule has 2 heterocycles. The van der Waals surface area contributed by atoms with Gasteiger partial charge in [-0.1, -0.05) is 25.2 Å². The van der Waals surface area contributed by atoms with Crippen molar-refractivity contribution in [3.05, 3.63) is 83.5 Å². The van der Waals surface area contributed by atoms with Crippen LogP contribution >= 0.6 is 0 Å². The number of rotatable bonds is 10. The minimum atomic E-state index is -3.57. The Kier molecular flexibility index (Phi) is 8.41. The number of pyridine rings is 1. The molecule has 0 spiro atoms. The molecule has 2 aromatic heterocycles. The van der Waals surface area contributed by atoms with Crippen LogP contribution < -0.4 is 10.1 Å². The Balaban J connectivity index is 1.92. The number of ether oxygens (including phenoxy) is 1. The zero-order chi connectivity index (χ0) is 26.5. The largest absolute Gasteiger partial charge is 0.481 e. The first-order valence-corrected chi connectivity index (χ1v) is 13.1. The zero-order valence-corrected chi connectivity index (χ0v) is 21.5. The van der Waals surface area contributed by atoms with Crippen molar-refractivity contribution in [1.82, 2.24) is 20.1 Å². The molecule has 190 valence electrons. The van der Waals surface area contributed by atoms with Crippen LogP contribution in [-0.4, -0.2) is 42.5 Å². The summed E-state index contributed by atoms with van der Waals surface area (Å²) >= 11 is 0. The van der Waals surface area contributed by atoms with Gasteiger partial charge in [-0.15, -0.1) is 0 Å². The number of hydrogen-bond donors (Lipinski definition) is 1. The lowest BCUT2D eigenvalue weighted by atomic mass is 10.0. The van der Waals surface area contributed by atoms with Crippen molar-refractivity contribution in [3.8, 4) is 11.6 Å². The Labute approximate surface area is 210 Å². The number of carbonyl (C=O) groups excluding carboxylic acids is 1. The maximum absolute atomic E-state index is 13.4. The summed E-state index contributed by atoms with van der Waals surface area (Å²) < 4.78 is 44.1. The van der Waals surface area contributed by atoms with E-state index in [0.29, 0.717) is 34.5 Å². The predicted molar refractivity (Wildman–Crippen MR) is 136 cm³/mol. The van der Waals surface area contributed by atoms with Crippen molar-refractivity contribution < 1.29 is 22.3 Å². The van der Waals surface area contributed by atoms with Gasteiger partial charge < -0.3 is 10.1 Å². The van der Waals surface area contributed by atoms with Crippen LogP contribution in [0.25, 0.3) is 11.3 Å². The van der Waals surface area contributed by atoms with E-state index >= 15 is 0 Å². The number of hydrogen-bond acceptors (Lipinski definition) is 6. The third kappa shape index (κ3) is 6.45. The molecule has 3 aromatic rings. The van der Waals surface area contributed by atoms with E-state index in [4.69, 9.17) is 4.74 Å². The molecule has 0 fully saturated rings. The Morgan fingerprint density at radius 3 is 2.56 bits per heavy atom. The number of amides is 1. The maximum atomic E-state index is 13.4. The summed E-state index contributed by atoms with van der Waals surface area (Å²) in [6.45, 7) is 7.89. The van der Waals surface area contributed by atoms with Crippen molar-refractivity contribution in [2.75, 3.05) is 13.4 Å². The van der Waals surface area contributed by atoms with E-state index in [9.17, 15) is 17.6 Å². The number of nitrogens with zero attached hydrogens (tertiary/aromatic N) is 3. The lowest BCUT2D eigenvalue weighted by Crippen LogP contribution is -2.24. The third-order valence-electron chi connectivity index (χ3n) is 5.59. The normalized spacial score (nSPS) is 11.9. The van der Waals surface area contributed by atoms with Crippen LogP contribution in [0, 0.1) is 12.7 Å². The number of sulfone groups is 1. The van der Waals surface area contributed by atoms with Crippen molar-refractivity contribution in [2.24, 2.45) is 0 Å². The molecule has 10 heteroatoms. The van der Waals surface area contributed by atoms with Gasteiger partial charge in [-0.3, -0.25) is 4.79 Å². The summed E-state index contributed by atoms with van der Waals surface area (Å²) in [7, 11) is -2.18. The lowest BCUT2D eigenvalue weighted by molar-refractivity contribution is -0.115. The summed E-state index contributed by atoms with van der Waals surface area (Å²) in [4.78, 5) is 17.3. The maximum Gasteiger partial charge on any atom is 0.251 e. The molecule has 0 aliphatic carbocycles. The van der Waals surface area contributed by atoms with Crippen molar-refractivity contribution in [1.29, 1.82) is 0 Å². The molecule has 36 heavy (non-hydrogen) atoms. The van der Waals surface area contributed by atoms with Gasteiger partial charge in [-0.25, -0.2) is 22.5 Å². The molecule has 0 saturated carbocycles. The highest BCUT2D eigenvalue weighted by atomic mass is 32.2. The smallest absolute Gasteiger partial charge is 0.251 e. The summed E-state index contributed by atoms with van der Waals surface area (Å²) in [6.07, 6.45) is 5.72.